The third-order valence-corrected chi connectivity index (χ3v) is 4.64. The molecular formula is C22H27F3N2O3. The zero-order chi connectivity index (χ0) is 22.1. The van der Waals surface area contributed by atoms with Crippen molar-refractivity contribution in [3.8, 4) is 5.75 Å². The maximum atomic E-state index is 12.9. The second-order valence-corrected chi connectivity index (χ2v) is 6.97. The minimum absolute atomic E-state index is 0.0399. The molecule has 30 heavy (non-hydrogen) atoms. The summed E-state index contributed by atoms with van der Waals surface area (Å²) in [4.78, 5) is 11.2. The van der Waals surface area contributed by atoms with Crippen LogP contribution >= 0.6 is 0 Å². The molecule has 0 aromatic heterocycles. The molecule has 0 spiro atoms. The Labute approximate surface area is 174 Å². The third-order valence-electron chi connectivity index (χ3n) is 4.64. The molecule has 2 N–H and O–H groups in total. The van der Waals surface area contributed by atoms with E-state index in [-0.39, 0.29) is 18.6 Å². The van der Waals surface area contributed by atoms with Gasteiger partial charge < -0.3 is 20.1 Å². The van der Waals surface area contributed by atoms with Crippen molar-refractivity contribution < 1.29 is 27.4 Å². The molecule has 0 saturated carbocycles. The average molecular weight is 424 g/mol. The van der Waals surface area contributed by atoms with Crippen LogP contribution in [0.15, 0.2) is 48.5 Å². The molecule has 1 amide bonds. The van der Waals surface area contributed by atoms with Gasteiger partial charge >= 0.3 is 6.18 Å². The number of alkyl halides is 3. The van der Waals surface area contributed by atoms with E-state index in [1.54, 1.807) is 25.2 Å². The van der Waals surface area contributed by atoms with Gasteiger partial charge in [-0.05, 0) is 48.7 Å². The molecule has 0 aliphatic heterocycles. The Hall–Kier alpha value is -2.58. The van der Waals surface area contributed by atoms with E-state index in [4.69, 9.17) is 9.47 Å². The number of methoxy groups -OCH3 is 1. The van der Waals surface area contributed by atoms with Crippen molar-refractivity contribution >= 4 is 5.91 Å². The first kappa shape index (κ1) is 23.7. The van der Waals surface area contributed by atoms with Gasteiger partial charge in [0, 0.05) is 26.7 Å². The Morgan fingerprint density at radius 1 is 1.13 bits per heavy atom. The van der Waals surface area contributed by atoms with Crippen molar-refractivity contribution in [2.75, 3.05) is 27.3 Å². The Morgan fingerprint density at radius 2 is 1.83 bits per heavy atom. The van der Waals surface area contributed by atoms with Crippen LogP contribution in [0, 0.1) is 0 Å². The van der Waals surface area contributed by atoms with Gasteiger partial charge in [-0.25, -0.2) is 0 Å². The van der Waals surface area contributed by atoms with E-state index in [2.05, 4.69) is 10.6 Å². The summed E-state index contributed by atoms with van der Waals surface area (Å²) in [5.74, 6) is 0.400. The molecule has 2 aromatic carbocycles. The third kappa shape index (κ3) is 7.35. The van der Waals surface area contributed by atoms with Gasteiger partial charge in [-0.1, -0.05) is 24.3 Å². The molecular weight excluding hydrogens is 397 g/mol. The number of amides is 1. The normalized spacial score (nSPS) is 13.5. The SMILES string of the molecule is CNC(=O)COc1ccc(CC(C)NCC(OC)c2cccc(C(F)(F)F)c2)cc1. The maximum absolute atomic E-state index is 12.9. The number of nitrogens with one attached hydrogen (secondary N) is 2. The fraction of sp³-hybridized carbons (Fsp3) is 0.409. The molecule has 0 aliphatic rings. The number of hydrogen-bond donors (Lipinski definition) is 2. The standard InChI is InChI=1S/C22H27F3N2O3/c1-15(11-16-7-9-19(10-8-16)30-14-21(28)26-2)27-13-20(29-3)17-5-4-6-18(12-17)22(23,24)25/h4-10,12,15,20,27H,11,13-14H2,1-3H3,(H,26,28). The van der Waals surface area contributed by atoms with Gasteiger partial charge in [0.1, 0.15) is 5.75 Å². The highest BCUT2D eigenvalue weighted by Gasteiger charge is 2.31. The lowest BCUT2D eigenvalue weighted by atomic mass is 10.0. The summed E-state index contributed by atoms with van der Waals surface area (Å²) < 4.78 is 49.6. The summed E-state index contributed by atoms with van der Waals surface area (Å²) in [6, 6.07) is 12.7. The summed E-state index contributed by atoms with van der Waals surface area (Å²) in [5.41, 5.74) is 0.855. The van der Waals surface area contributed by atoms with Crippen molar-refractivity contribution in [1.29, 1.82) is 0 Å². The molecule has 2 aromatic rings. The molecule has 2 unspecified atom stereocenters. The first-order chi connectivity index (χ1) is 14.2. The molecule has 5 nitrogen and oxygen atoms in total. The fourth-order valence-corrected chi connectivity index (χ4v) is 2.93. The highest BCUT2D eigenvalue weighted by Crippen LogP contribution is 2.31. The second kappa shape index (κ2) is 11.0. The minimum atomic E-state index is -4.38. The van der Waals surface area contributed by atoms with E-state index in [9.17, 15) is 18.0 Å². The van der Waals surface area contributed by atoms with Crippen molar-refractivity contribution in [3.05, 3.63) is 65.2 Å². The number of halogens is 3. The molecule has 8 heteroatoms. The molecule has 0 saturated heterocycles. The number of likely N-dealkylation sites (N-methyl/N-ethyl adjacent to an activating group) is 1. The van der Waals surface area contributed by atoms with Crippen LogP contribution in [-0.2, 0) is 22.1 Å². The predicted molar refractivity (Wildman–Crippen MR) is 108 cm³/mol. The van der Waals surface area contributed by atoms with E-state index >= 15 is 0 Å². The summed E-state index contributed by atoms with van der Waals surface area (Å²) in [6.07, 6.45) is -4.16. The second-order valence-electron chi connectivity index (χ2n) is 6.97. The molecule has 0 bridgehead atoms. The topological polar surface area (TPSA) is 59.6 Å². The quantitative estimate of drug-likeness (QED) is 0.610. The predicted octanol–water partition coefficient (Wildman–Crippen LogP) is 3.74. The molecule has 0 aliphatic carbocycles. The number of benzene rings is 2. The number of rotatable bonds is 10. The molecule has 164 valence electrons. The minimum Gasteiger partial charge on any atom is -0.484 e. The van der Waals surface area contributed by atoms with Gasteiger partial charge in [0.2, 0.25) is 0 Å². The Bertz CT molecular complexity index is 810. The van der Waals surface area contributed by atoms with E-state index in [0.717, 1.165) is 24.1 Å². The van der Waals surface area contributed by atoms with Crippen LogP contribution in [-0.4, -0.2) is 39.3 Å². The fourth-order valence-electron chi connectivity index (χ4n) is 2.93. The van der Waals surface area contributed by atoms with Crippen LogP contribution in [0.1, 0.15) is 29.7 Å². The number of carbonyl (C=O) groups is 1. The van der Waals surface area contributed by atoms with Crippen LogP contribution in [0.5, 0.6) is 5.75 Å². The molecule has 0 heterocycles. The van der Waals surface area contributed by atoms with Crippen LogP contribution < -0.4 is 15.4 Å². The van der Waals surface area contributed by atoms with Crippen LogP contribution in [0.3, 0.4) is 0 Å². The summed E-state index contributed by atoms with van der Waals surface area (Å²) >= 11 is 0. The summed E-state index contributed by atoms with van der Waals surface area (Å²) in [5, 5.41) is 5.80. The van der Waals surface area contributed by atoms with Gasteiger partial charge in [0.15, 0.2) is 6.61 Å². The average Bonchev–Trinajstić information content (AvgIpc) is 2.73. The Morgan fingerprint density at radius 3 is 2.43 bits per heavy atom. The van der Waals surface area contributed by atoms with Gasteiger partial charge in [0.05, 0.1) is 11.7 Å². The van der Waals surface area contributed by atoms with Crippen molar-refractivity contribution in [2.45, 2.75) is 31.7 Å². The van der Waals surface area contributed by atoms with Gasteiger partial charge in [0.25, 0.3) is 5.91 Å². The molecule has 2 atom stereocenters. The van der Waals surface area contributed by atoms with E-state index < -0.39 is 17.8 Å². The highest BCUT2D eigenvalue weighted by atomic mass is 19.4. The monoisotopic (exact) mass is 424 g/mol. The van der Waals surface area contributed by atoms with E-state index in [1.807, 2.05) is 19.1 Å². The van der Waals surface area contributed by atoms with Crippen molar-refractivity contribution in [3.63, 3.8) is 0 Å². The van der Waals surface area contributed by atoms with Gasteiger partial charge in [-0.3, -0.25) is 4.79 Å². The number of ether oxygens (including phenoxy) is 2. The Balaban J connectivity index is 1.88. The summed E-state index contributed by atoms with van der Waals surface area (Å²) in [6.45, 7) is 2.34. The maximum Gasteiger partial charge on any atom is 0.416 e. The first-order valence-corrected chi connectivity index (χ1v) is 9.58. The van der Waals surface area contributed by atoms with Gasteiger partial charge in [-0.15, -0.1) is 0 Å². The van der Waals surface area contributed by atoms with Gasteiger partial charge in [-0.2, -0.15) is 13.2 Å². The lowest BCUT2D eigenvalue weighted by Crippen LogP contribution is -2.32. The molecule has 2 rings (SSSR count). The zero-order valence-electron chi connectivity index (χ0n) is 17.3. The first-order valence-electron chi connectivity index (χ1n) is 9.58. The smallest absolute Gasteiger partial charge is 0.416 e. The van der Waals surface area contributed by atoms with E-state index in [0.29, 0.717) is 17.9 Å². The Kier molecular flexibility index (Phi) is 8.68. The van der Waals surface area contributed by atoms with Crippen molar-refractivity contribution in [2.24, 2.45) is 0 Å². The van der Waals surface area contributed by atoms with Crippen LogP contribution in [0.2, 0.25) is 0 Å². The van der Waals surface area contributed by atoms with Crippen LogP contribution in [0.4, 0.5) is 13.2 Å². The largest absolute Gasteiger partial charge is 0.484 e. The number of carbonyl (C=O) groups excluding carboxylic acids is 1. The van der Waals surface area contributed by atoms with Crippen LogP contribution in [0.25, 0.3) is 0 Å². The summed E-state index contributed by atoms with van der Waals surface area (Å²) in [7, 11) is 3.03. The highest BCUT2D eigenvalue weighted by molar-refractivity contribution is 5.77. The van der Waals surface area contributed by atoms with Crippen molar-refractivity contribution in [1.82, 2.24) is 10.6 Å². The number of hydrogen-bond acceptors (Lipinski definition) is 4. The van der Waals surface area contributed by atoms with E-state index in [1.165, 1.54) is 13.2 Å². The molecule has 0 fully saturated rings. The molecule has 0 radical (unpaired) electrons. The zero-order valence-corrected chi connectivity index (χ0v) is 17.3. The lowest BCUT2D eigenvalue weighted by molar-refractivity contribution is -0.137. The lowest BCUT2D eigenvalue weighted by Gasteiger charge is -2.21.